The zero-order valence-corrected chi connectivity index (χ0v) is 12.2. The van der Waals surface area contributed by atoms with E-state index in [0.717, 1.165) is 0 Å². The van der Waals surface area contributed by atoms with Crippen molar-refractivity contribution in [2.45, 2.75) is 38.5 Å². The van der Waals surface area contributed by atoms with Gasteiger partial charge >= 0.3 is 7.60 Å². The summed E-state index contributed by atoms with van der Waals surface area (Å²) < 4.78 is 33.3. The van der Waals surface area contributed by atoms with E-state index in [1.165, 1.54) is 21.1 Å². The lowest BCUT2D eigenvalue weighted by Crippen LogP contribution is -2.37. The SMILES string of the molecule is COP(=O)(OC)[C@H]1OC(C)(C)O[C@H]1CNC(C)=O. The topological polar surface area (TPSA) is 83.1 Å². The first-order chi connectivity index (χ1) is 8.24. The molecule has 0 saturated carbocycles. The molecule has 1 aliphatic heterocycles. The van der Waals surface area contributed by atoms with E-state index in [-0.39, 0.29) is 12.5 Å². The molecule has 0 aliphatic carbocycles. The number of carbonyl (C=O) groups excluding carboxylic acids is 1. The van der Waals surface area contributed by atoms with E-state index < -0.39 is 25.3 Å². The normalized spacial score (nSPS) is 27.2. The molecule has 0 radical (unpaired) electrons. The standard InChI is InChI=1S/C10H20NO6P/c1-7(12)11-6-8-9(17-10(2,3)16-8)18(13,14-4)15-5/h8-9H,6H2,1-5H3,(H,11,12)/t8-,9+/m0/s1. The van der Waals surface area contributed by atoms with Gasteiger partial charge in [-0.05, 0) is 13.8 Å². The Hall–Kier alpha value is -0.460. The summed E-state index contributed by atoms with van der Waals surface area (Å²) in [6.07, 6.45) is -0.588. The van der Waals surface area contributed by atoms with Gasteiger partial charge in [-0.3, -0.25) is 9.36 Å². The van der Waals surface area contributed by atoms with Gasteiger partial charge in [0.2, 0.25) is 5.91 Å². The van der Waals surface area contributed by atoms with Crippen LogP contribution in [0.25, 0.3) is 0 Å². The van der Waals surface area contributed by atoms with Crippen molar-refractivity contribution < 1.29 is 27.9 Å². The van der Waals surface area contributed by atoms with E-state index in [1.807, 2.05) is 0 Å². The van der Waals surface area contributed by atoms with Crippen LogP contribution in [0.5, 0.6) is 0 Å². The summed E-state index contributed by atoms with van der Waals surface area (Å²) in [5.74, 6) is -1.97. The van der Waals surface area contributed by atoms with E-state index in [2.05, 4.69) is 5.32 Å². The average Bonchev–Trinajstić information content (AvgIpc) is 2.61. The Morgan fingerprint density at radius 3 is 2.33 bits per heavy atom. The molecule has 1 fully saturated rings. The first kappa shape index (κ1) is 15.6. The predicted octanol–water partition coefficient (Wildman–Crippen LogP) is 1.09. The Kier molecular flexibility index (Phi) is 4.91. The second-order valence-electron chi connectivity index (χ2n) is 4.41. The number of amides is 1. The van der Waals surface area contributed by atoms with Crippen LogP contribution < -0.4 is 5.32 Å². The minimum atomic E-state index is -3.42. The van der Waals surface area contributed by atoms with Crippen LogP contribution in [-0.4, -0.2) is 44.4 Å². The van der Waals surface area contributed by atoms with Crippen molar-refractivity contribution in [1.29, 1.82) is 0 Å². The number of hydrogen-bond acceptors (Lipinski definition) is 6. The highest BCUT2D eigenvalue weighted by Gasteiger charge is 2.52. The fraction of sp³-hybridized carbons (Fsp3) is 0.900. The quantitative estimate of drug-likeness (QED) is 0.759. The molecule has 1 saturated heterocycles. The van der Waals surface area contributed by atoms with Crippen LogP contribution in [-0.2, 0) is 27.9 Å². The van der Waals surface area contributed by atoms with E-state index >= 15 is 0 Å². The van der Waals surface area contributed by atoms with Crippen LogP contribution in [0.2, 0.25) is 0 Å². The smallest absolute Gasteiger partial charge is 0.354 e. The third-order valence-corrected chi connectivity index (χ3v) is 4.61. The fourth-order valence-electron chi connectivity index (χ4n) is 1.75. The minimum Gasteiger partial charge on any atom is -0.354 e. The maximum atomic E-state index is 12.3. The highest BCUT2D eigenvalue weighted by atomic mass is 31.2. The Balaban J connectivity index is 2.85. The first-order valence-corrected chi connectivity index (χ1v) is 7.16. The molecule has 1 amide bonds. The molecule has 7 nitrogen and oxygen atoms in total. The summed E-state index contributed by atoms with van der Waals surface area (Å²) in [5.41, 5.74) is 0. The molecule has 1 N–H and O–H groups in total. The van der Waals surface area contributed by atoms with Gasteiger partial charge in [-0.2, -0.15) is 0 Å². The maximum absolute atomic E-state index is 12.3. The molecular formula is C10H20NO6P. The zero-order valence-electron chi connectivity index (χ0n) is 11.3. The lowest BCUT2D eigenvalue weighted by molar-refractivity contribution is -0.142. The number of nitrogens with one attached hydrogen (secondary N) is 1. The molecule has 106 valence electrons. The molecule has 0 aromatic rings. The van der Waals surface area contributed by atoms with Gasteiger partial charge in [-0.15, -0.1) is 0 Å². The van der Waals surface area contributed by atoms with Crippen molar-refractivity contribution in [2.75, 3.05) is 20.8 Å². The van der Waals surface area contributed by atoms with Crippen LogP contribution in [0.4, 0.5) is 0 Å². The van der Waals surface area contributed by atoms with Crippen LogP contribution >= 0.6 is 7.60 Å². The molecular weight excluding hydrogens is 261 g/mol. The molecule has 0 aromatic carbocycles. The second-order valence-corrected chi connectivity index (χ2v) is 6.73. The van der Waals surface area contributed by atoms with E-state index in [9.17, 15) is 9.36 Å². The predicted molar refractivity (Wildman–Crippen MR) is 64.1 cm³/mol. The van der Waals surface area contributed by atoms with Crippen molar-refractivity contribution in [2.24, 2.45) is 0 Å². The van der Waals surface area contributed by atoms with Crippen molar-refractivity contribution in [3.63, 3.8) is 0 Å². The van der Waals surface area contributed by atoms with Crippen molar-refractivity contribution in [3.05, 3.63) is 0 Å². The van der Waals surface area contributed by atoms with Crippen molar-refractivity contribution in [1.82, 2.24) is 5.32 Å². The highest BCUT2D eigenvalue weighted by Crippen LogP contribution is 2.57. The minimum absolute atomic E-state index is 0.181. The Morgan fingerprint density at radius 1 is 1.33 bits per heavy atom. The molecule has 1 aliphatic rings. The van der Waals surface area contributed by atoms with Gasteiger partial charge in [-0.1, -0.05) is 0 Å². The first-order valence-electron chi connectivity index (χ1n) is 5.55. The second kappa shape index (κ2) is 5.67. The average molecular weight is 281 g/mol. The van der Waals surface area contributed by atoms with Crippen LogP contribution in [0.1, 0.15) is 20.8 Å². The molecule has 0 unspecified atom stereocenters. The van der Waals surface area contributed by atoms with Gasteiger partial charge in [0.1, 0.15) is 6.10 Å². The van der Waals surface area contributed by atoms with Gasteiger partial charge < -0.3 is 23.8 Å². The van der Waals surface area contributed by atoms with Gasteiger partial charge in [0.05, 0.1) is 0 Å². The summed E-state index contributed by atoms with van der Waals surface area (Å²) in [6.45, 7) is 4.97. The monoisotopic (exact) mass is 281 g/mol. The lowest BCUT2D eigenvalue weighted by Gasteiger charge is -2.23. The third-order valence-electron chi connectivity index (χ3n) is 2.53. The summed E-state index contributed by atoms with van der Waals surface area (Å²) in [6, 6.07) is 0. The number of rotatable bonds is 5. The summed E-state index contributed by atoms with van der Waals surface area (Å²) >= 11 is 0. The number of carbonyl (C=O) groups is 1. The van der Waals surface area contributed by atoms with E-state index in [1.54, 1.807) is 13.8 Å². The van der Waals surface area contributed by atoms with Gasteiger partial charge in [0.25, 0.3) is 0 Å². The van der Waals surface area contributed by atoms with Crippen molar-refractivity contribution >= 4 is 13.5 Å². The molecule has 18 heavy (non-hydrogen) atoms. The Morgan fingerprint density at radius 2 is 1.89 bits per heavy atom. The van der Waals surface area contributed by atoms with Crippen LogP contribution in [0, 0.1) is 0 Å². The zero-order chi connectivity index (χ0) is 14.0. The van der Waals surface area contributed by atoms with Crippen LogP contribution in [0.3, 0.4) is 0 Å². The van der Waals surface area contributed by atoms with Gasteiger partial charge in [0, 0.05) is 27.7 Å². The summed E-state index contributed by atoms with van der Waals surface area (Å²) in [5, 5.41) is 2.60. The maximum Gasteiger partial charge on any atom is 0.361 e. The fourth-order valence-corrected chi connectivity index (χ4v) is 3.28. The molecule has 8 heteroatoms. The molecule has 1 heterocycles. The molecule has 0 spiro atoms. The van der Waals surface area contributed by atoms with E-state index in [0.29, 0.717) is 0 Å². The van der Waals surface area contributed by atoms with Gasteiger partial charge in [0.15, 0.2) is 11.6 Å². The highest BCUT2D eigenvalue weighted by molar-refractivity contribution is 7.54. The largest absolute Gasteiger partial charge is 0.361 e. The molecule has 0 aromatic heterocycles. The van der Waals surface area contributed by atoms with Crippen LogP contribution in [0.15, 0.2) is 0 Å². The summed E-state index contributed by atoms with van der Waals surface area (Å²) in [7, 11) is -0.851. The molecule has 1 rings (SSSR count). The number of hydrogen-bond donors (Lipinski definition) is 1. The van der Waals surface area contributed by atoms with Gasteiger partial charge in [-0.25, -0.2) is 0 Å². The summed E-state index contributed by atoms with van der Waals surface area (Å²) in [4.78, 5) is 10.9. The third kappa shape index (κ3) is 3.52. The number of ether oxygens (including phenoxy) is 2. The molecule has 2 atom stereocenters. The Labute approximate surface area is 107 Å². The van der Waals surface area contributed by atoms with Crippen molar-refractivity contribution in [3.8, 4) is 0 Å². The lowest BCUT2D eigenvalue weighted by atomic mass is 10.3. The Bertz CT molecular complexity index is 350. The molecule has 0 bridgehead atoms. The van der Waals surface area contributed by atoms with E-state index in [4.69, 9.17) is 18.5 Å².